The third-order valence-corrected chi connectivity index (χ3v) is 4.65. The molecule has 1 aromatic heterocycles. The molecule has 25 heavy (non-hydrogen) atoms. The molecule has 0 fully saturated rings. The lowest BCUT2D eigenvalue weighted by Gasteiger charge is -2.04. The van der Waals surface area contributed by atoms with Crippen LogP contribution >= 0.6 is 22.9 Å². The molecule has 0 bridgehead atoms. The first-order chi connectivity index (χ1) is 12.1. The quantitative estimate of drug-likeness (QED) is 0.587. The summed E-state index contributed by atoms with van der Waals surface area (Å²) in [5.74, 6) is -0.958. The highest BCUT2D eigenvalue weighted by molar-refractivity contribution is 7.10. The Bertz CT molecular complexity index is 904. The van der Waals surface area contributed by atoms with Gasteiger partial charge in [0.1, 0.15) is 5.01 Å². The van der Waals surface area contributed by atoms with Crippen LogP contribution in [0.5, 0.6) is 0 Å². The van der Waals surface area contributed by atoms with Crippen LogP contribution in [0.15, 0.2) is 60.0 Å². The number of rotatable bonds is 6. The van der Waals surface area contributed by atoms with Crippen molar-refractivity contribution in [3.63, 3.8) is 0 Å². The Morgan fingerprint density at radius 2 is 1.96 bits per heavy atom. The largest absolute Gasteiger partial charge is 0.478 e. The van der Waals surface area contributed by atoms with Gasteiger partial charge in [-0.15, -0.1) is 11.3 Å². The van der Waals surface area contributed by atoms with Crippen molar-refractivity contribution in [3.05, 3.63) is 75.6 Å². The molecule has 3 rings (SSSR count). The summed E-state index contributed by atoms with van der Waals surface area (Å²) in [6.07, 6.45) is 2.68. The maximum atomic E-state index is 10.5. The predicted octanol–water partition coefficient (Wildman–Crippen LogP) is 5.17. The Labute approximate surface area is 154 Å². The van der Waals surface area contributed by atoms with Gasteiger partial charge in [0.05, 0.1) is 12.2 Å². The molecule has 0 aliphatic heterocycles. The van der Waals surface area contributed by atoms with Gasteiger partial charge in [0, 0.05) is 27.7 Å². The molecule has 6 heteroatoms. The van der Waals surface area contributed by atoms with E-state index in [4.69, 9.17) is 16.7 Å². The summed E-state index contributed by atoms with van der Waals surface area (Å²) >= 11 is 7.79. The predicted molar refractivity (Wildman–Crippen MR) is 103 cm³/mol. The molecule has 0 unspecified atom stereocenters. The van der Waals surface area contributed by atoms with Crippen LogP contribution in [-0.2, 0) is 11.3 Å². The molecule has 0 atom stereocenters. The lowest BCUT2D eigenvalue weighted by Crippen LogP contribution is -1.98. The third-order valence-electron chi connectivity index (χ3n) is 3.47. The number of nitrogens with zero attached hydrogens (tertiary/aromatic N) is 1. The Morgan fingerprint density at radius 3 is 2.68 bits per heavy atom. The summed E-state index contributed by atoms with van der Waals surface area (Å²) in [7, 11) is 0. The third kappa shape index (κ3) is 4.68. The first-order valence-corrected chi connectivity index (χ1v) is 8.82. The summed E-state index contributed by atoms with van der Waals surface area (Å²) in [4.78, 5) is 15.1. The Kier molecular flexibility index (Phi) is 5.48. The number of thiazole rings is 1. The van der Waals surface area contributed by atoms with Gasteiger partial charge in [-0.25, -0.2) is 9.78 Å². The van der Waals surface area contributed by atoms with Gasteiger partial charge in [-0.2, -0.15) is 0 Å². The molecule has 1 heterocycles. The molecule has 2 N–H and O–H groups in total. The Balaban J connectivity index is 1.63. The van der Waals surface area contributed by atoms with E-state index in [1.165, 1.54) is 0 Å². The molecule has 0 spiro atoms. The zero-order chi connectivity index (χ0) is 17.6. The monoisotopic (exact) mass is 370 g/mol. The van der Waals surface area contributed by atoms with Gasteiger partial charge in [0.15, 0.2) is 0 Å². The maximum absolute atomic E-state index is 10.5. The minimum atomic E-state index is -0.958. The second-order valence-electron chi connectivity index (χ2n) is 5.25. The number of hydrogen-bond donors (Lipinski definition) is 2. The topological polar surface area (TPSA) is 62.2 Å². The fourth-order valence-corrected chi connectivity index (χ4v) is 3.21. The molecule has 0 radical (unpaired) electrons. The molecular formula is C19H15ClN2O2S. The van der Waals surface area contributed by atoms with E-state index in [9.17, 15) is 4.79 Å². The number of carbonyl (C=O) groups is 1. The van der Waals surface area contributed by atoms with Gasteiger partial charge in [-0.1, -0.05) is 41.9 Å². The van der Waals surface area contributed by atoms with Crippen LogP contribution in [0.25, 0.3) is 17.3 Å². The number of halogens is 1. The minimum absolute atomic E-state index is 0.611. The zero-order valence-corrected chi connectivity index (χ0v) is 14.7. The fourth-order valence-electron chi connectivity index (χ4n) is 2.24. The van der Waals surface area contributed by atoms with E-state index in [0.29, 0.717) is 11.6 Å². The zero-order valence-electron chi connectivity index (χ0n) is 13.1. The number of benzene rings is 2. The number of carboxylic acid groups (broad SMARTS) is 1. The van der Waals surface area contributed by atoms with Crippen LogP contribution in [0.3, 0.4) is 0 Å². The standard InChI is InChI=1S/C19H15ClN2O2S/c20-16-4-2-1-3-15(16)17-12-25-18(22-17)11-21-14-8-5-13(6-9-14)7-10-19(23)24/h1-10,12,21H,11H2,(H,23,24). The van der Waals surface area contributed by atoms with E-state index in [1.807, 2.05) is 53.9 Å². The first-order valence-electron chi connectivity index (χ1n) is 7.56. The van der Waals surface area contributed by atoms with Crippen molar-refractivity contribution >= 4 is 40.7 Å². The Morgan fingerprint density at radius 1 is 1.20 bits per heavy atom. The normalized spacial score (nSPS) is 10.9. The Hall–Kier alpha value is -2.63. The average molecular weight is 371 g/mol. The van der Waals surface area contributed by atoms with Crippen molar-refractivity contribution < 1.29 is 9.90 Å². The van der Waals surface area contributed by atoms with E-state index >= 15 is 0 Å². The van der Waals surface area contributed by atoms with Gasteiger partial charge in [0.25, 0.3) is 0 Å². The summed E-state index contributed by atoms with van der Waals surface area (Å²) < 4.78 is 0. The van der Waals surface area contributed by atoms with Gasteiger partial charge in [-0.3, -0.25) is 0 Å². The summed E-state index contributed by atoms with van der Waals surface area (Å²) in [6, 6.07) is 15.2. The molecule has 4 nitrogen and oxygen atoms in total. The van der Waals surface area contributed by atoms with E-state index in [0.717, 1.165) is 33.6 Å². The number of carboxylic acids is 1. The molecule has 0 amide bonds. The van der Waals surface area contributed by atoms with Crippen LogP contribution in [0, 0.1) is 0 Å². The van der Waals surface area contributed by atoms with Crippen LogP contribution in [-0.4, -0.2) is 16.1 Å². The van der Waals surface area contributed by atoms with E-state index in [1.54, 1.807) is 17.4 Å². The molecular weight excluding hydrogens is 356 g/mol. The van der Waals surface area contributed by atoms with Gasteiger partial charge in [0.2, 0.25) is 0 Å². The summed E-state index contributed by atoms with van der Waals surface area (Å²) in [6.45, 7) is 0.611. The highest BCUT2D eigenvalue weighted by Crippen LogP contribution is 2.28. The number of aliphatic carboxylic acids is 1. The lowest BCUT2D eigenvalue weighted by molar-refractivity contribution is -0.131. The fraction of sp³-hybridized carbons (Fsp3) is 0.0526. The van der Waals surface area contributed by atoms with Crippen LogP contribution < -0.4 is 5.32 Å². The second-order valence-corrected chi connectivity index (χ2v) is 6.60. The minimum Gasteiger partial charge on any atom is -0.478 e. The van der Waals surface area contributed by atoms with E-state index in [2.05, 4.69) is 10.3 Å². The number of nitrogens with one attached hydrogen (secondary N) is 1. The van der Waals surface area contributed by atoms with Crippen molar-refractivity contribution in [1.29, 1.82) is 0 Å². The van der Waals surface area contributed by atoms with Gasteiger partial charge >= 0.3 is 5.97 Å². The number of hydrogen-bond acceptors (Lipinski definition) is 4. The first kappa shape index (κ1) is 17.2. The summed E-state index contributed by atoms with van der Waals surface area (Å²) in [5, 5.41) is 15.6. The lowest BCUT2D eigenvalue weighted by atomic mass is 10.2. The molecule has 126 valence electrons. The maximum Gasteiger partial charge on any atom is 0.328 e. The van der Waals surface area contributed by atoms with E-state index in [-0.39, 0.29) is 0 Å². The van der Waals surface area contributed by atoms with Crippen LogP contribution in [0.1, 0.15) is 10.6 Å². The SMILES string of the molecule is O=C(O)C=Cc1ccc(NCc2nc(-c3ccccc3Cl)cs2)cc1. The van der Waals surface area contributed by atoms with Crippen molar-refractivity contribution in [2.45, 2.75) is 6.54 Å². The van der Waals surface area contributed by atoms with Crippen LogP contribution in [0.2, 0.25) is 5.02 Å². The highest BCUT2D eigenvalue weighted by Gasteiger charge is 2.07. The second kappa shape index (κ2) is 7.96. The number of anilines is 1. The van der Waals surface area contributed by atoms with Crippen molar-refractivity contribution in [2.24, 2.45) is 0 Å². The molecule has 0 saturated heterocycles. The molecule has 2 aromatic carbocycles. The molecule has 0 aliphatic rings. The highest BCUT2D eigenvalue weighted by atomic mass is 35.5. The van der Waals surface area contributed by atoms with Gasteiger partial charge in [-0.05, 0) is 29.8 Å². The number of aromatic nitrogens is 1. The average Bonchev–Trinajstić information content (AvgIpc) is 3.08. The molecule has 0 saturated carbocycles. The summed E-state index contributed by atoms with van der Waals surface area (Å²) in [5.41, 5.74) is 3.59. The van der Waals surface area contributed by atoms with E-state index < -0.39 is 5.97 Å². The smallest absolute Gasteiger partial charge is 0.328 e. The van der Waals surface area contributed by atoms with Crippen molar-refractivity contribution in [3.8, 4) is 11.3 Å². The molecule has 3 aromatic rings. The van der Waals surface area contributed by atoms with Crippen molar-refractivity contribution in [2.75, 3.05) is 5.32 Å². The van der Waals surface area contributed by atoms with Crippen LogP contribution in [0.4, 0.5) is 5.69 Å². The van der Waals surface area contributed by atoms with Crippen molar-refractivity contribution in [1.82, 2.24) is 4.98 Å². The molecule has 0 aliphatic carbocycles. The van der Waals surface area contributed by atoms with Gasteiger partial charge < -0.3 is 10.4 Å².